The molecule has 1 rings (SSSR count). The molecule has 0 fully saturated rings. The number of pyridine rings is 1. The van der Waals surface area contributed by atoms with Crippen molar-refractivity contribution < 1.29 is 4.79 Å². The van der Waals surface area contributed by atoms with E-state index in [1.54, 1.807) is 12.3 Å². The normalized spacial score (nSPS) is 9.69. The van der Waals surface area contributed by atoms with Gasteiger partial charge in [0.25, 0.3) is 0 Å². The molecule has 0 aliphatic carbocycles. The predicted octanol–water partition coefficient (Wildman–Crippen LogP) is 1.74. The van der Waals surface area contributed by atoms with E-state index in [1.807, 2.05) is 13.1 Å². The molecule has 1 heterocycles. The highest BCUT2D eigenvalue weighted by Crippen LogP contribution is 2.08. The molecule has 13 heavy (non-hydrogen) atoms. The zero-order chi connectivity index (χ0) is 9.68. The van der Waals surface area contributed by atoms with Crippen LogP contribution in [0.5, 0.6) is 0 Å². The molecule has 0 aromatic carbocycles. The lowest BCUT2D eigenvalue weighted by Crippen LogP contribution is -2.18. The van der Waals surface area contributed by atoms with Crippen LogP contribution in [0.15, 0.2) is 18.3 Å². The van der Waals surface area contributed by atoms with Crippen LogP contribution in [0.2, 0.25) is 0 Å². The van der Waals surface area contributed by atoms with Gasteiger partial charge in [-0.15, -0.1) is 0 Å². The summed E-state index contributed by atoms with van der Waals surface area (Å²) < 4.78 is 0. The lowest BCUT2D eigenvalue weighted by atomic mass is 10.3. The summed E-state index contributed by atoms with van der Waals surface area (Å²) in [6, 6.07) is 3.64. The number of carbonyl (C=O) groups excluding carboxylic acids is 1. The Morgan fingerprint density at radius 3 is 2.77 bits per heavy atom. The van der Waals surface area contributed by atoms with E-state index in [0.717, 1.165) is 25.1 Å². The summed E-state index contributed by atoms with van der Waals surface area (Å²) in [5.41, 5.74) is 0.619. The van der Waals surface area contributed by atoms with Crippen molar-refractivity contribution in [3.63, 3.8) is 0 Å². The number of carbonyl (C=O) groups is 1. The van der Waals surface area contributed by atoms with Gasteiger partial charge in [-0.1, -0.05) is 6.92 Å². The molecule has 0 radical (unpaired) electrons. The van der Waals surface area contributed by atoms with Crippen LogP contribution in [-0.2, 0) is 0 Å². The van der Waals surface area contributed by atoms with Crippen molar-refractivity contribution in [3.8, 4) is 0 Å². The van der Waals surface area contributed by atoms with Gasteiger partial charge in [0, 0.05) is 25.4 Å². The molecule has 1 aromatic rings. The maximum atomic E-state index is 10.4. The Balaban J connectivity index is 2.73. The quantitative estimate of drug-likeness (QED) is 0.658. The van der Waals surface area contributed by atoms with E-state index in [0.29, 0.717) is 5.56 Å². The molecular formula is C10H14N2O. The Bertz CT molecular complexity index is 269. The molecule has 1 aromatic heterocycles. The van der Waals surface area contributed by atoms with Gasteiger partial charge in [-0.3, -0.25) is 4.79 Å². The van der Waals surface area contributed by atoms with E-state index in [2.05, 4.69) is 16.8 Å². The van der Waals surface area contributed by atoms with Gasteiger partial charge in [-0.25, -0.2) is 4.98 Å². The first-order valence-corrected chi connectivity index (χ1v) is 4.40. The van der Waals surface area contributed by atoms with Crippen LogP contribution in [0.4, 0.5) is 5.82 Å². The van der Waals surface area contributed by atoms with Crippen LogP contribution in [-0.4, -0.2) is 24.9 Å². The summed E-state index contributed by atoms with van der Waals surface area (Å²) in [4.78, 5) is 16.6. The topological polar surface area (TPSA) is 33.2 Å². The minimum atomic E-state index is 0.619. The van der Waals surface area contributed by atoms with Crippen LogP contribution in [0.25, 0.3) is 0 Å². The van der Waals surface area contributed by atoms with Crippen molar-refractivity contribution >= 4 is 12.1 Å². The minimum Gasteiger partial charge on any atom is -0.360 e. The molecule has 70 valence electrons. The Morgan fingerprint density at radius 2 is 2.31 bits per heavy atom. The van der Waals surface area contributed by atoms with Gasteiger partial charge in [-0.05, 0) is 18.6 Å². The van der Waals surface area contributed by atoms with Crippen LogP contribution >= 0.6 is 0 Å². The first-order valence-electron chi connectivity index (χ1n) is 4.40. The number of nitrogens with zero attached hydrogens (tertiary/aromatic N) is 2. The number of aromatic nitrogens is 1. The summed E-state index contributed by atoms with van der Waals surface area (Å²) in [6.07, 6.45) is 3.48. The first-order chi connectivity index (χ1) is 6.27. The van der Waals surface area contributed by atoms with Crippen molar-refractivity contribution in [2.75, 3.05) is 18.5 Å². The molecule has 0 unspecified atom stereocenters. The van der Waals surface area contributed by atoms with Crippen LogP contribution in [0.3, 0.4) is 0 Å². The molecule has 0 bridgehead atoms. The molecule has 0 saturated heterocycles. The van der Waals surface area contributed by atoms with Gasteiger partial charge in [0.1, 0.15) is 5.82 Å². The SMILES string of the molecule is CCCN(C)c1ccc(C=O)cn1. The number of rotatable bonds is 4. The van der Waals surface area contributed by atoms with E-state index >= 15 is 0 Å². The second-order valence-corrected chi connectivity index (χ2v) is 2.99. The summed E-state index contributed by atoms with van der Waals surface area (Å²) in [5, 5.41) is 0. The number of hydrogen-bond acceptors (Lipinski definition) is 3. The fourth-order valence-corrected chi connectivity index (χ4v) is 1.14. The lowest BCUT2D eigenvalue weighted by Gasteiger charge is -2.16. The van der Waals surface area contributed by atoms with Crippen LogP contribution in [0.1, 0.15) is 23.7 Å². The van der Waals surface area contributed by atoms with Crippen molar-refractivity contribution in [2.24, 2.45) is 0 Å². The molecule has 0 N–H and O–H groups in total. The molecule has 3 heteroatoms. The van der Waals surface area contributed by atoms with Crippen LogP contribution in [0, 0.1) is 0 Å². The highest BCUT2D eigenvalue weighted by molar-refractivity contribution is 5.74. The Labute approximate surface area is 78.4 Å². The molecule has 0 aliphatic heterocycles. The van der Waals surface area contributed by atoms with Gasteiger partial charge in [0.05, 0.1) is 0 Å². The van der Waals surface area contributed by atoms with E-state index in [4.69, 9.17) is 0 Å². The smallest absolute Gasteiger partial charge is 0.151 e. The standard InChI is InChI=1S/C10H14N2O/c1-3-6-12(2)10-5-4-9(8-13)7-11-10/h4-5,7-8H,3,6H2,1-2H3. The number of aldehydes is 1. The lowest BCUT2D eigenvalue weighted by molar-refractivity contribution is 0.112. The Hall–Kier alpha value is -1.38. The number of anilines is 1. The van der Waals surface area contributed by atoms with Crippen molar-refractivity contribution in [1.82, 2.24) is 4.98 Å². The minimum absolute atomic E-state index is 0.619. The highest BCUT2D eigenvalue weighted by atomic mass is 16.1. The van der Waals surface area contributed by atoms with Crippen molar-refractivity contribution in [3.05, 3.63) is 23.9 Å². The fraction of sp³-hybridized carbons (Fsp3) is 0.400. The summed E-state index contributed by atoms with van der Waals surface area (Å²) in [6.45, 7) is 3.10. The maximum absolute atomic E-state index is 10.4. The summed E-state index contributed by atoms with van der Waals surface area (Å²) in [5.74, 6) is 0.910. The summed E-state index contributed by atoms with van der Waals surface area (Å²) >= 11 is 0. The third kappa shape index (κ3) is 2.54. The number of hydrogen-bond donors (Lipinski definition) is 0. The second-order valence-electron chi connectivity index (χ2n) is 2.99. The molecule has 0 aliphatic rings. The highest BCUT2D eigenvalue weighted by Gasteiger charge is 1.99. The summed E-state index contributed by atoms with van der Waals surface area (Å²) in [7, 11) is 1.99. The molecule has 0 saturated carbocycles. The maximum Gasteiger partial charge on any atom is 0.151 e. The van der Waals surface area contributed by atoms with E-state index in [9.17, 15) is 4.79 Å². The molecular weight excluding hydrogens is 164 g/mol. The zero-order valence-electron chi connectivity index (χ0n) is 8.03. The van der Waals surface area contributed by atoms with Gasteiger partial charge < -0.3 is 4.90 Å². The van der Waals surface area contributed by atoms with Gasteiger partial charge in [0.2, 0.25) is 0 Å². The van der Waals surface area contributed by atoms with Crippen LogP contribution < -0.4 is 4.90 Å². The molecule has 3 nitrogen and oxygen atoms in total. The molecule has 0 amide bonds. The molecule has 0 atom stereocenters. The third-order valence-corrected chi connectivity index (χ3v) is 1.86. The first kappa shape index (κ1) is 9.71. The van der Waals surface area contributed by atoms with Crippen molar-refractivity contribution in [2.45, 2.75) is 13.3 Å². The average Bonchev–Trinajstić information content (AvgIpc) is 2.18. The largest absolute Gasteiger partial charge is 0.360 e. The van der Waals surface area contributed by atoms with Crippen molar-refractivity contribution in [1.29, 1.82) is 0 Å². The van der Waals surface area contributed by atoms with Gasteiger partial charge in [0.15, 0.2) is 6.29 Å². The third-order valence-electron chi connectivity index (χ3n) is 1.86. The van der Waals surface area contributed by atoms with E-state index < -0.39 is 0 Å². The van der Waals surface area contributed by atoms with E-state index in [1.165, 1.54) is 0 Å². The second kappa shape index (κ2) is 4.60. The molecule has 0 spiro atoms. The van der Waals surface area contributed by atoms with Gasteiger partial charge >= 0.3 is 0 Å². The monoisotopic (exact) mass is 178 g/mol. The van der Waals surface area contributed by atoms with Gasteiger partial charge in [-0.2, -0.15) is 0 Å². The average molecular weight is 178 g/mol. The van der Waals surface area contributed by atoms with E-state index in [-0.39, 0.29) is 0 Å². The zero-order valence-corrected chi connectivity index (χ0v) is 8.03. The fourth-order valence-electron chi connectivity index (χ4n) is 1.14. The predicted molar refractivity (Wildman–Crippen MR) is 53.2 cm³/mol. The Morgan fingerprint density at radius 1 is 1.54 bits per heavy atom. The Kier molecular flexibility index (Phi) is 3.43.